The van der Waals surface area contributed by atoms with Crippen molar-refractivity contribution in [1.29, 1.82) is 0 Å². The number of urea groups is 1. The van der Waals surface area contributed by atoms with Gasteiger partial charge in [0.25, 0.3) is 5.91 Å². The number of imide groups is 1. The summed E-state index contributed by atoms with van der Waals surface area (Å²) in [5, 5.41) is 0. The van der Waals surface area contributed by atoms with Crippen LogP contribution in [0.3, 0.4) is 0 Å². The molecule has 3 amide bonds. The highest BCUT2D eigenvalue weighted by atomic mass is 16.5. The van der Waals surface area contributed by atoms with Gasteiger partial charge in [0.15, 0.2) is 7.98 Å². The standard InChI is InChI=1S/C18H24BN3O4/c1-4-22-17(24)21(16(23)18(22)5-7-20(19)8-6-18)12-13-9-14(25-2)11-15(10-13)26-3/h9-11H,4-8,12H2,1-3H3. The first-order chi connectivity index (χ1) is 12.4. The molecule has 1 aromatic rings. The minimum absolute atomic E-state index is 0.140. The SMILES string of the molecule is [B]N1CCC2(CC1)C(=O)N(Cc1cc(OC)cc(OC)c1)C(=O)N2CC. The van der Waals surface area contributed by atoms with Crippen LogP contribution in [-0.2, 0) is 11.3 Å². The molecule has 2 fully saturated rings. The van der Waals surface area contributed by atoms with E-state index in [1.807, 2.05) is 19.1 Å². The van der Waals surface area contributed by atoms with E-state index in [0.717, 1.165) is 5.56 Å². The van der Waals surface area contributed by atoms with Crippen LogP contribution in [0.5, 0.6) is 11.5 Å². The molecule has 3 rings (SSSR count). The van der Waals surface area contributed by atoms with Crippen molar-refractivity contribution < 1.29 is 19.1 Å². The Morgan fingerprint density at radius 3 is 2.15 bits per heavy atom. The van der Waals surface area contributed by atoms with E-state index in [1.54, 1.807) is 30.0 Å². The van der Waals surface area contributed by atoms with Crippen LogP contribution in [0, 0.1) is 0 Å². The molecule has 0 bridgehead atoms. The number of methoxy groups -OCH3 is 2. The van der Waals surface area contributed by atoms with Crippen molar-refractivity contribution in [3.63, 3.8) is 0 Å². The Morgan fingerprint density at radius 2 is 1.65 bits per heavy atom. The van der Waals surface area contributed by atoms with Crippen LogP contribution >= 0.6 is 0 Å². The maximum absolute atomic E-state index is 13.2. The monoisotopic (exact) mass is 357 g/mol. The fraction of sp³-hybridized carbons (Fsp3) is 0.556. The number of ether oxygens (including phenoxy) is 2. The third-order valence-electron chi connectivity index (χ3n) is 5.32. The van der Waals surface area contributed by atoms with Gasteiger partial charge in [-0.15, -0.1) is 0 Å². The maximum Gasteiger partial charge on any atom is 0.327 e. The number of likely N-dealkylation sites (N-methyl/N-ethyl adjacent to an activating group) is 1. The van der Waals surface area contributed by atoms with Crippen LogP contribution in [0.25, 0.3) is 0 Å². The van der Waals surface area contributed by atoms with Gasteiger partial charge >= 0.3 is 6.03 Å². The van der Waals surface area contributed by atoms with Gasteiger partial charge in [0, 0.05) is 12.6 Å². The third kappa shape index (κ3) is 3.02. The maximum atomic E-state index is 13.2. The van der Waals surface area contributed by atoms with E-state index in [0.29, 0.717) is 44.0 Å². The van der Waals surface area contributed by atoms with Gasteiger partial charge < -0.3 is 19.2 Å². The Morgan fingerprint density at radius 1 is 1.08 bits per heavy atom. The Kier molecular flexibility index (Phi) is 5.13. The Balaban J connectivity index is 1.89. The fourth-order valence-corrected chi connectivity index (χ4v) is 3.88. The Bertz CT molecular complexity index is 681. The molecule has 2 radical (unpaired) electrons. The molecule has 26 heavy (non-hydrogen) atoms. The lowest BCUT2D eigenvalue weighted by Gasteiger charge is -2.41. The number of nitrogens with zero attached hydrogens (tertiary/aromatic N) is 3. The van der Waals surface area contributed by atoms with Crippen LogP contribution in [0.4, 0.5) is 4.79 Å². The normalized spacial score (nSPS) is 20.1. The molecular weight excluding hydrogens is 333 g/mol. The van der Waals surface area contributed by atoms with Gasteiger partial charge in [-0.25, -0.2) is 4.79 Å². The number of piperidine rings is 1. The van der Waals surface area contributed by atoms with Crippen LogP contribution in [-0.4, -0.2) is 73.9 Å². The molecule has 2 aliphatic rings. The lowest BCUT2D eigenvalue weighted by Crippen LogP contribution is -2.56. The molecule has 8 heteroatoms. The molecule has 7 nitrogen and oxygen atoms in total. The summed E-state index contributed by atoms with van der Waals surface area (Å²) in [6.07, 6.45) is 1.11. The van der Waals surface area contributed by atoms with Crippen molar-refractivity contribution >= 4 is 19.9 Å². The highest BCUT2D eigenvalue weighted by molar-refractivity contribution is 6.08. The molecule has 0 aliphatic carbocycles. The van der Waals surface area contributed by atoms with Crippen molar-refractivity contribution in [2.24, 2.45) is 0 Å². The first-order valence-corrected chi connectivity index (χ1v) is 8.80. The van der Waals surface area contributed by atoms with Crippen LogP contribution in [0.2, 0.25) is 0 Å². The fourth-order valence-electron chi connectivity index (χ4n) is 3.88. The number of carbonyl (C=O) groups excluding carboxylic acids is 2. The second kappa shape index (κ2) is 7.19. The molecule has 2 aliphatic heterocycles. The highest BCUT2D eigenvalue weighted by Crippen LogP contribution is 2.37. The van der Waals surface area contributed by atoms with Crippen LogP contribution in [0.1, 0.15) is 25.3 Å². The molecule has 1 spiro atoms. The zero-order chi connectivity index (χ0) is 18.9. The van der Waals surface area contributed by atoms with Gasteiger partial charge in [-0.05, 0) is 50.6 Å². The first kappa shape index (κ1) is 18.6. The van der Waals surface area contributed by atoms with E-state index >= 15 is 0 Å². The van der Waals surface area contributed by atoms with Crippen LogP contribution in [0.15, 0.2) is 18.2 Å². The molecule has 0 unspecified atom stereocenters. The van der Waals surface area contributed by atoms with Crippen molar-refractivity contribution in [1.82, 2.24) is 14.6 Å². The molecule has 2 heterocycles. The number of carbonyl (C=O) groups is 2. The zero-order valence-electron chi connectivity index (χ0n) is 15.5. The number of amides is 3. The molecule has 0 aromatic heterocycles. The minimum Gasteiger partial charge on any atom is -0.497 e. The summed E-state index contributed by atoms with van der Waals surface area (Å²) in [5.74, 6) is 1.10. The third-order valence-corrected chi connectivity index (χ3v) is 5.32. The molecule has 0 N–H and O–H groups in total. The van der Waals surface area contributed by atoms with Crippen molar-refractivity contribution in [3.8, 4) is 11.5 Å². The smallest absolute Gasteiger partial charge is 0.327 e. The van der Waals surface area contributed by atoms with E-state index in [2.05, 4.69) is 0 Å². The summed E-state index contributed by atoms with van der Waals surface area (Å²) in [4.78, 5) is 30.9. The second-order valence-electron chi connectivity index (χ2n) is 6.71. The predicted molar refractivity (Wildman–Crippen MR) is 97.2 cm³/mol. The summed E-state index contributed by atoms with van der Waals surface area (Å²) in [6.45, 7) is 3.77. The summed E-state index contributed by atoms with van der Waals surface area (Å²) in [6, 6.07) is 5.14. The second-order valence-corrected chi connectivity index (χ2v) is 6.71. The van der Waals surface area contributed by atoms with Gasteiger partial charge in [-0.2, -0.15) is 0 Å². The minimum atomic E-state index is -0.773. The largest absolute Gasteiger partial charge is 0.497 e. The average Bonchev–Trinajstić information content (AvgIpc) is 2.84. The lowest BCUT2D eigenvalue weighted by atomic mass is 9.84. The van der Waals surface area contributed by atoms with Crippen molar-refractivity contribution in [2.75, 3.05) is 33.9 Å². The van der Waals surface area contributed by atoms with E-state index in [1.165, 1.54) is 4.90 Å². The topological polar surface area (TPSA) is 62.3 Å². The number of hydrogen-bond donors (Lipinski definition) is 0. The molecule has 0 saturated carbocycles. The molecule has 138 valence electrons. The van der Waals surface area contributed by atoms with Gasteiger partial charge in [-0.3, -0.25) is 9.69 Å². The van der Waals surface area contributed by atoms with Gasteiger partial charge in [0.05, 0.1) is 20.8 Å². The van der Waals surface area contributed by atoms with Crippen molar-refractivity contribution in [3.05, 3.63) is 23.8 Å². The predicted octanol–water partition coefficient (Wildman–Crippen LogP) is 1.41. The van der Waals surface area contributed by atoms with Crippen LogP contribution < -0.4 is 9.47 Å². The van der Waals surface area contributed by atoms with E-state index in [-0.39, 0.29) is 18.5 Å². The Labute approximate surface area is 155 Å². The summed E-state index contributed by atoms with van der Waals surface area (Å²) >= 11 is 0. The molecule has 0 atom stereocenters. The van der Waals surface area contributed by atoms with Gasteiger partial charge in [0.1, 0.15) is 17.0 Å². The van der Waals surface area contributed by atoms with Crippen molar-refractivity contribution in [2.45, 2.75) is 31.8 Å². The quantitative estimate of drug-likeness (QED) is 0.589. The Hall–Kier alpha value is -2.22. The molecule has 1 aromatic carbocycles. The summed E-state index contributed by atoms with van der Waals surface area (Å²) < 4.78 is 10.6. The highest BCUT2D eigenvalue weighted by Gasteiger charge is 2.56. The average molecular weight is 357 g/mol. The zero-order valence-corrected chi connectivity index (χ0v) is 15.5. The van der Waals surface area contributed by atoms with Gasteiger partial charge in [0.2, 0.25) is 0 Å². The summed E-state index contributed by atoms with van der Waals surface area (Å²) in [7, 11) is 8.99. The van der Waals surface area contributed by atoms with E-state index < -0.39 is 5.54 Å². The molecular formula is C18H24BN3O4. The molecule has 2 saturated heterocycles. The first-order valence-electron chi connectivity index (χ1n) is 8.80. The number of benzene rings is 1. The number of hydrogen-bond acceptors (Lipinski definition) is 5. The van der Waals surface area contributed by atoms with Gasteiger partial charge in [-0.1, -0.05) is 0 Å². The lowest BCUT2D eigenvalue weighted by molar-refractivity contribution is -0.135. The van der Waals surface area contributed by atoms with E-state index in [9.17, 15) is 9.59 Å². The summed E-state index contributed by atoms with van der Waals surface area (Å²) in [5.41, 5.74) is 0.0113. The van der Waals surface area contributed by atoms with E-state index in [4.69, 9.17) is 17.5 Å². The number of rotatable bonds is 5.